The minimum Gasteiger partial charge on any atom is -0.307 e. The Kier molecular flexibility index (Phi) is 5.06. The number of aromatic nitrogens is 2. The Hall–Kier alpha value is -4.52. The number of hydrogen-bond acceptors (Lipinski definition) is 4. The van der Waals surface area contributed by atoms with Crippen molar-refractivity contribution in [2.24, 2.45) is 0 Å². The minimum atomic E-state index is -0.499. The number of rotatable bonds is 5. The van der Waals surface area contributed by atoms with Crippen molar-refractivity contribution in [2.75, 3.05) is 5.32 Å². The molecule has 2 heterocycles. The number of aryl methyl sites for hydroxylation is 1. The Morgan fingerprint density at radius 2 is 1.61 bits per heavy atom. The summed E-state index contributed by atoms with van der Waals surface area (Å²) in [6.07, 6.45) is 0. The van der Waals surface area contributed by atoms with Gasteiger partial charge in [-0.3, -0.25) is 19.7 Å². The van der Waals surface area contributed by atoms with E-state index in [1.54, 1.807) is 4.68 Å². The second kappa shape index (κ2) is 8.20. The fraction of sp³-hybridized carbons (Fsp3) is 0.0769. The molecule has 0 fully saturated rings. The first-order chi connectivity index (χ1) is 16.0. The van der Waals surface area contributed by atoms with Gasteiger partial charge < -0.3 is 5.32 Å². The monoisotopic (exact) mass is 436 g/mol. The van der Waals surface area contributed by atoms with Crippen LogP contribution >= 0.6 is 0 Å². The Morgan fingerprint density at radius 3 is 2.39 bits per heavy atom. The van der Waals surface area contributed by atoms with Crippen molar-refractivity contribution in [3.63, 3.8) is 0 Å². The molecule has 1 aliphatic rings. The van der Waals surface area contributed by atoms with Crippen LogP contribution in [0.4, 0.5) is 5.82 Å². The highest BCUT2D eigenvalue weighted by atomic mass is 16.2. The Morgan fingerprint density at radius 1 is 0.879 bits per heavy atom. The maximum atomic E-state index is 13.1. The average Bonchev–Trinajstić information content (AvgIpc) is 3.34. The summed E-state index contributed by atoms with van der Waals surface area (Å²) in [5.74, 6) is -0.815. The maximum Gasteiger partial charge on any atom is 0.258 e. The smallest absolute Gasteiger partial charge is 0.258 e. The molecule has 33 heavy (non-hydrogen) atoms. The number of anilines is 1. The highest BCUT2D eigenvalue weighted by molar-refractivity contribution is 6.22. The van der Waals surface area contributed by atoms with Gasteiger partial charge in [0.25, 0.3) is 17.7 Å². The summed E-state index contributed by atoms with van der Waals surface area (Å²) in [6, 6.07) is 24.1. The van der Waals surface area contributed by atoms with Crippen LogP contribution in [0.5, 0.6) is 0 Å². The van der Waals surface area contributed by atoms with E-state index in [0.29, 0.717) is 12.4 Å². The van der Waals surface area contributed by atoms with Crippen LogP contribution in [0, 0.1) is 6.92 Å². The largest absolute Gasteiger partial charge is 0.307 e. The van der Waals surface area contributed by atoms with E-state index in [4.69, 9.17) is 5.10 Å². The number of carbonyl (C=O) groups is 3. The van der Waals surface area contributed by atoms with E-state index in [-0.39, 0.29) is 16.7 Å². The van der Waals surface area contributed by atoms with Crippen LogP contribution in [-0.4, -0.2) is 27.5 Å². The third kappa shape index (κ3) is 3.92. The lowest BCUT2D eigenvalue weighted by Gasteiger charge is -2.09. The number of fused-ring (bicyclic) bond motifs is 1. The summed E-state index contributed by atoms with van der Waals surface area (Å²) in [5.41, 5.74) is 4.60. The van der Waals surface area contributed by atoms with Crippen molar-refractivity contribution < 1.29 is 14.4 Å². The number of nitrogens with one attached hydrogen (secondary N) is 2. The van der Waals surface area contributed by atoms with E-state index in [0.717, 1.165) is 22.4 Å². The maximum absolute atomic E-state index is 13.1. The van der Waals surface area contributed by atoms with Gasteiger partial charge in [-0.05, 0) is 36.2 Å². The zero-order valence-electron chi connectivity index (χ0n) is 17.8. The first-order valence-corrected chi connectivity index (χ1v) is 10.5. The van der Waals surface area contributed by atoms with Crippen molar-refractivity contribution in [3.05, 3.63) is 107 Å². The van der Waals surface area contributed by atoms with Crippen LogP contribution in [0.15, 0.2) is 78.9 Å². The molecule has 2 N–H and O–H groups in total. The highest BCUT2D eigenvalue weighted by Crippen LogP contribution is 2.26. The van der Waals surface area contributed by atoms with Crippen molar-refractivity contribution >= 4 is 23.5 Å². The molecule has 3 aromatic carbocycles. The first-order valence-electron chi connectivity index (χ1n) is 10.5. The van der Waals surface area contributed by atoms with Gasteiger partial charge in [0.2, 0.25) is 0 Å². The van der Waals surface area contributed by atoms with Crippen LogP contribution < -0.4 is 10.6 Å². The number of benzene rings is 3. The summed E-state index contributed by atoms with van der Waals surface area (Å²) >= 11 is 0. The van der Waals surface area contributed by atoms with E-state index in [1.807, 2.05) is 67.6 Å². The average molecular weight is 436 g/mol. The van der Waals surface area contributed by atoms with E-state index in [9.17, 15) is 14.4 Å². The number of hydrogen-bond donors (Lipinski definition) is 2. The number of imide groups is 1. The molecule has 1 aromatic heterocycles. The Balaban J connectivity index is 1.49. The first kappa shape index (κ1) is 20.4. The molecule has 0 saturated carbocycles. The zero-order chi connectivity index (χ0) is 22.9. The standard InChI is InChI=1S/C26H20N4O3/c1-16-7-5-6-10-19(16)22-14-23(30(29-22)15-17-8-3-2-4-9-17)27-24(31)18-11-12-20-21(13-18)26(33)28-25(20)32/h2-14H,15H2,1H3,(H,27,31)(H,28,32,33). The molecule has 5 rings (SSSR count). The molecule has 0 atom stereocenters. The van der Waals surface area contributed by atoms with Crippen LogP contribution in [0.25, 0.3) is 11.3 Å². The number of amides is 3. The van der Waals surface area contributed by atoms with Gasteiger partial charge in [-0.15, -0.1) is 0 Å². The van der Waals surface area contributed by atoms with Gasteiger partial charge in [0, 0.05) is 17.2 Å². The third-order valence-electron chi connectivity index (χ3n) is 5.62. The van der Waals surface area contributed by atoms with E-state index < -0.39 is 17.7 Å². The molecule has 0 unspecified atom stereocenters. The van der Waals surface area contributed by atoms with E-state index in [2.05, 4.69) is 10.6 Å². The molecule has 1 aliphatic heterocycles. The van der Waals surface area contributed by atoms with Crippen LogP contribution in [0.2, 0.25) is 0 Å². The van der Waals surface area contributed by atoms with Crippen molar-refractivity contribution in [3.8, 4) is 11.3 Å². The van der Waals surface area contributed by atoms with Crippen molar-refractivity contribution in [1.29, 1.82) is 0 Å². The summed E-state index contributed by atoms with van der Waals surface area (Å²) in [7, 11) is 0. The summed E-state index contributed by atoms with van der Waals surface area (Å²) in [5, 5.41) is 9.91. The lowest BCUT2D eigenvalue weighted by atomic mass is 10.1. The van der Waals surface area contributed by atoms with E-state index >= 15 is 0 Å². The highest BCUT2D eigenvalue weighted by Gasteiger charge is 2.27. The summed E-state index contributed by atoms with van der Waals surface area (Å²) in [4.78, 5) is 36.8. The zero-order valence-corrected chi connectivity index (χ0v) is 17.8. The molecule has 0 radical (unpaired) electrons. The predicted molar refractivity (Wildman–Crippen MR) is 124 cm³/mol. The molecular weight excluding hydrogens is 416 g/mol. The SMILES string of the molecule is Cc1ccccc1-c1cc(NC(=O)c2ccc3c(c2)C(=O)NC3=O)n(Cc2ccccc2)n1. The van der Waals surface area contributed by atoms with Gasteiger partial charge in [-0.25, -0.2) is 4.68 Å². The molecule has 0 spiro atoms. The lowest BCUT2D eigenvalue weighted by molar-refractivity contribution is 0.0879. The summed E-state index contributed by atoms with van der Waals surface area (Å²) < 4.78 is 1.75. The molecule has 3 amide bonds. The number of nitrogens with zero attached hydrogens (tertiary/aromatic N) is 2. The minimum absolute atomic E-state index is 0.200. The fourth-order valence-corrected chi connectivity index (χ4v) is 3.88. The quantitative estimate of drug-likeness (QED) is 0.462. The molecule has 162 valence electrons. The molecule has 0 bridgehead atoms. The molecule has 7 heteroatoms. The van der Waals surface area contributed by atoms with Gasteiger partial charge in [-0.1, -0.05) is 54.6 Å². The predicted octanol–water partition coefficient (Wildman–Crippen LogP) is 4.04. The molecule has 0 aliphatic carbocycles. The lowest BCUT2D eigenvalue weighted by Crippen LogP contribution is -2.20. The van der Waals surface area contributed by atoms with Crippen LogP contribution in [0.1, 0.15) is 42.2 Å². The molecule has 7 nitrogen and oxygen atoms in total. The molecular formula is C26H20N4O3. The normalized spacial score (nSPS) is 12.4. The number of carbonyl (C=O) groups excluding carboxylic acids is 3. The van der Waals surface area contributed by atoms with E-state index in [1.165, 1.54) is 18.2 Å². The Labute approximate surface area is 190 Å². The van der Waals surface area contributed by atoms with Gasteiger partial charge in [0.05, 0.1) is 23.4 Å². The van der Waals surface area contributed by atoms with Crippen molar-refractivity contribution in [2.45, 2.75) is 13.5 Å². The van der Waals surface area contributed by atoms with Crippen LogP contribution in [-0.2, 0) is 6.54 Å². The third-order valence-corrected chi connectivity index (χ3v) is 5.62. The fourth-order valence-electron chi connectivity index (χ4n) is 3.88. The van der Waals surface area contributed by atoms with Crippen molar-refractivity contribution in [1.82, 2.24) is 15.1 Å². The van der Waals surface area contributed by atoms with Gasteiger partial charge in [0.1, 0.15) is 5.82 Å². The second-order valence-corrected chi connectivity index (χ2v) is 7.87. The van der Waals surface area contributed by atoms with Gasteiger partial charge >= 0.3 is 0 Å². The Bertz CT molecular complexity index is 1410. The van der Waals surface area contributed by atoms with Gasteiger partial charge in [-0.2, -0.15) is 5.10 Å². The molecule has 4 aromatic rings. The molecule has 0 saturated heterocycles. The topological polar surface area (TPSA) is 93.1 Å². The van der Waals surface area contributed by atoms with Gasteiger partial charge in [0.15, 0.2) is 0 Å². The van der Waals surface area contributed by atoms with Crippen LogP contribution in [0.3, 0.4) is 0 Å². The summed E-state index contributed by atoms with van der Waals surface area (Å²) in [6.45, 7) is 2.49. The second-order valence-electron chi connectivity index (χ2n) is 7.87.